The van der Waals surface area contributed by atoms with Gasteiger partial charge in [0.2, 0.25) is 11.8 Å². The Bertz CT molecular complexity index is 1270. The lowest BCUT2D eigenvalue weighted by Crippen LogP contribution is -2.53. The predicted octanol–water partition coefficient (Wildman–Crippen LogP) is 6.39. The van der Waals surface area contributed by atoms with Gasteiger partial charge < -0.3 is 34.8 Å². The quantitative estimate of drug-likeness (QED) is 0.142. The Balaban J connectivity index is 1.76. The lowest BCUT2D eigenvalue weighted by atomic mass is 9.84. The molecule has 0 aromatic heterocycles. The third-order valence-electron chi connectivity index (χ3n) is 7.53. The summed E-state index contributed by atoms with van der Waals surface area (Å²) >= 11 is 6.03. The summed E-state index contributed by atoms with van der Waals surface area (Å²) in [5.74, 6) is -2.54. The summed E-state index contributed by atoms with van der Waals surface area (Å²) in [7, 11) is -4.10. The van der Waals surface area contributed by atoms with Gasteiger partial charge in [0.25, 0.3) is 0 Å². The predicted molar refractivity (Wildman–Crippen MR) is 173 cm³/mol. The molecule has 1 aliphatic carbocycles. The molecule has 0 bridgehead atoms. The molecule has 3 atom stereocenters. The minimum absolute atomic E-state index is 0.00613. The van der Waals surface area contributed by atoms with E-state index in [2.05, 4.69) is 16.0 Å². The van der Waals surface area contributed by atoms with Crippen LogP contribution in [0.3, 0.4) is 0 Å². The highest BCUT2D eigenvalue weighted by Gasteiger charge is 2.41. The minimum Gasteiger partial charge on any atom is -0.445 e. The fourth-order valence-corrected chi connectivity index (χ4v) is 7.31. The third kappa shape index (κ3) is 12.4. The smallest absolute Gasteiger partial charge is 0.408 e. The van der Waals surface area contributed by atoms with Crippen LogP contribution in [0.4, 0.5) is 10.5 Å². The van der Waals surface area contributed by atoms with Gasteiger partial charge in [-0.2, -0.15) is 0 Å². The fourth-order valence-electron chi connectivity index (χ4n) is 5.33. The van der Waals surface area contributed by atoms with Crippen molar-refractivity contribution in [1.82, 2.24) is 10.6 Å². The number of halogens is 1. The van der Waals surface area contributed by atoms with Gasteiger partial charge in [-0.25, -0.2) is 4.79 Å². The monoisotopic (exact) mass is 665 g/mol. The summed E-state index contributed by atoms with van der Waals surface area (Å²) in [6, 6.07) is 13.5. The van der Waals surface area contributed by atoms with Crippen LogP contribution in [0, 0.1) is 5.92 Å². The Morgan fingerprint density at radius 1 is 0.978 bits per heavy atom. The van der Waals surface area contributed by atoms with Gasteiger partial charge in [-0.05, 0) is 62.4 Å². The molecule has 248 valence electrons. The first-order chi connectivity index (χ1) is 21.6. The van der Waals surface area contributed by atoms with E-state index in [1.165, 1.54) is 0 Å². The van der Waals surface area contributed by atoms with Crippen LogP contribution in [0.1, 0.15) is 70.8 Å². The van der Waals surface area contributed by atoms with E-state index in [-0.39, 0.29) is 44.5 Å². The van der Waals surface area contributed by atoms with Gasteiger partial charge in [-0.3, -0.25) is 14.2 Å². The van der Waals surface area contributed by atoms with Gasteiger partial charge >= 0.3 is 13.7 Å². The highest BCUT2D eigenvalue weighted by atomic mass is 35.5. The number of para-hydroxylation sites is 1. The first kappa shape index (κ1) is 36.5. The Morgan fingerprint density at radius 2 is 1.67 bits per heavy atom. The molecule has 4 N–H and O–H groups in total. The summed E-state index contributed by atoms with van der Waals surface area (Å²) in [4.78, 5) is 39.4. The van der Waals surface area contributed by atoms with Crippen molar-refractivity contribution in [2.45, 2.75) is 89.7 Å². The van der Waals surface area contributed by atoms with E-state index in [9.17, 15) is 24.1 Å². The molecule has 0 radical (unpaired) electrons. The molecule has 0 aliphatic heterocycles. The zero-order valence-electron chi connectivity index (χ0n) is 25.9. The van der Waals surface area contributed by atoms with Gasteiger partial charge in [-0.15, -0.1) is 0 Å². The van der Waals surface area contributed by atoms with Crippen molar-refractivity contribution in [3.05, 3.63) is 65.2 Å². The summed E-state index contributed by atoms with van der Waals surface area (Å²) in [5.41, 5.74) is 1.27. The van der Waals surface area contributed by atoms with Gasteiger partial charge in [0, 0.05) is 17.1 Å². The van der Waals surface area contributed by atoms with Crippen molar-refractivity contribution in [1.29, 1.82) is 0 Å². The summed E-state index contributed by atoms with van der Waals surface area (Å²) in [6.45, 7) is 3.16. The molecule has 2 aromatic rings. The molecule has 3 amide bonds. The molecular weight excluding hydrogens is 621 g/mol. The standard InChI is InChI=1S/C32H45ClN3O8P/c1-3-43-45(41,44-4-2)31(39)27(18-19-29(37)34-26-16-9-6-10-17-26)35-30(38)28(21-23-12-7-5-8-13-23)36-32(40)42-22-24-14-11-15-25(33)20-24/h6,9-11,14-17,20,23,27-28,31,39H,3-5,7-8,12-13,18-19,21-22H2,1-2H3,(H,34,37)(H,35,38)(H,36,40)/t27-,28-,31?/m0/s1. The van der Waals surface area contributed by atoms with Gasteiger partial charge in [0.1, 0.15) is 12.6 Å². The fraction of sp³-hybridized carbons (Fsp3) is 0.531. The van der Waals surface area contributed by atoms with Crippen LogP contribution in [-0.2, 0) is 34.5 Å². The Labute approximate surface area is 270 Å². The summed E-state index contributed by atoms with van der Waals surface area (Å²) in [6.07, 6.45) is 4.37. The third-order valence-corrected chi connectivity index (χ3v) is 10.0. The maximum Gasteiger partial charge on any atom is 0.408 e. The number of aliphatic hydroxyl groups excluding tert-OH is 1. The number of aliphatic hydroxyl groups is 1. The largest absolute Gasteiger partial charge is 0.445 e. The van der Waals surface area contributed by atoms with Crippen LogP contribution in [-0.4, -0.2) is 54.2 Å². The number of amides is 3. The number of alkyl carbamates (subject to hydrolysis) is 1. The normalized spacial score (nSPS) is 15.8. The molecule has 0 saturated heterocycles. The van der Waals surface area contributed by atoms with Crippen LogP contribution in [0.25, 0.3) is 0 Å². The van der Waals surface area contributed by atoms with Crippen molar-refractivity contribution >= 4 is 42.8 Å². The second-order valence-corrected chi connectivity index (χ2v) is 13.6. The number of carbonyl (C=O) groups is 3. The molecule has 3 rings (SSSR count). The number of benzene rings is 2. The molecule has 0 heterocycles. The molecule has 1 saturated carbocycles. The second kappa shape index (κ2) is 18.9. The SMILES string of the molecule is CCOP(=O)(OCC)C(O)[C@H](CCC(=O)Nc1ccccc1)NC(=O)[C@H](CC1CCCCC1)NC(=O)OCc1cccc(Cl)c1. The maximum atomic E-state index is 13.8. The molecule has 2 aromatic carbocycles. The first-order valence-electron chi connectivity index (χ1n) is 15.5. The molecular formula is C32H45ClN3O8P. The number of hydrogen-bond donors (Lipinski definition) is 4. The van der Waals surface area contributed by atoms with Crippen molar-refractivity contribution in [2.75, 3.05) is 18.5 Å². The Hall–Kier alpha value is -2.95. The summed E-state index contributed by atoms with van der Waals surface area (Å²) < 4.78 is 29.6. The van der Waals surface area contributed by atoms with Crippen LogP contribution in [0.2, 0.25) is 5.02 Å². The number of nitrogens with one attached hydrogen (secondary N) is 3. The second-order valence-electron chi connectivity index (χ2n) is 11.0. The molecule has 1 aliphatic rings. The average Bonchev–Trinajstić information content (AvgIpc) is 3.02. The Kier molecular flexibility index (Phi) is 15.3. The molecule has 13 heteroatoms. The lowest BCUT2D eigenvalue weighted by Gasteiger charge is -2.31. The van der Waals surface area contributed by atoms with Crippen LogP contribution in [0.15, 0.2) is 54.6 Å². The van der Waals surface area contributed by atoms with Crippen molar-refractivity contribution in [3.8, 4) is 0 Å². The molecule has 45 heavy (non-hydrogen) atoms. The van der Waals surface area contributed by atoms with Gasteiger partial charge in [0.15, 0.2) is 5.85 Å². The zero-order chi connectivity index (χ0) is 32.7. The zero-order valence-corrected chi connectivity index (χ0v) is 27.6. The van der Waals surface area contributed by atoms with E-state index in [0.29, 0.717) is 22.7 Å². The first-order valence-corrected chi connectivity index (χ1v) is 17.5. The van der Waals surface area contributed by atoms with E-state index in [4.69, 9.17) is 25.4 Å². The van der Waals surface area contributed by atoms with E-state index < -0.39 is 37.5 Å². The Morgan fingerprint density at radius 3 is 2.31 bits per heavy atom. The van der Waals surface area contributed by atoms with E-state index >= 15 is 0 Å². The lowest BCUT2D eigenvalue weighted by molar-refractivity contribution is -0.125. The minimum atomic E-state index is -4.10. The average molecular weight is 666 g/mol. The van der Waals surface area contributed by atoms with Crippen molar-refractivity contribution < 1.29 is 37.8 Å². The van der Waals surface area contributed by atoms with Gasteiger partial charge in [-0.1, -0.05) is 74.0 Å². The number of hydrogen-bond acceptors (Lipinski definition) is 8. The number of rotatable bonds is 17. The van der Waals surface area contributed by atoms with E-state index in [0.717, 1.165) is 32.1 Å². The molecule has 1 unspecified atom stereocenters. The van der Waals surface area contributed by atoms with Crippen molar-refractivity contribution in [3.63, 3.8) is 0 Å². The number of carbonyl (C=O) groups excluding carboxylic acids is 3. The summed E-state index contributed by atoms with van der Waals surface area (Å²) in [5, 5.41) is 20.0. The van der Waals surface area contributed by atoms with Gasteiger partial charge in [0.05, 0.1) is 19.3 Å². The number of anilines is 1. The van der Waals surface area contributed by atoms with Crippen molar-refractivity contribution in [2.24, 2.45) is 5.92 Å². The topological polar surface area (TPSA) is 152 Å². The number of ether oxygens (including phenoxy) is 1. The highest BCUT2D eigenvalue weighted by Crippen LogP contribution is 2.53. The van der Waals surface area contributed by atoms with Crippen LogP contribution < -0.4 is 16.0 Å². The highest BCUT2D eigenvalue weighted by molar-refractivity contribution is 7.54. The molecule has 1 fully saturated rings. The van der Waals surface area contributed by atoms with Crippen LogP contribution >= 0.6 is 19.2 Å². The maximum absolute atomic E-state index is 13.8. The molecule has 11 nitrogen and oxygen atoms in total. The van der Waals surface area contributed by atoms with E-state index in [1.54, 1.807) is 62.4 Å². The van der Waals surface area contributed by atoms with E-state index in [1.807, 2.05) is 6.07 Å². The van der Waals surface area contributed by atoms with Crippen LogP contribution in [0.5, 0.6) is 0 Å². The molecule has 0 spiro atoms.